The van der Waals surface area contributed by atoms with E-state index in [9.17, 15) is 9.59 Å². The number of benzene rings is 2. The number of nitrogens with one attached hydrogen (secondary N) is 1. The van der Waals surface area contributed by atoms with Gasteiger partial charge in [-0.05, 0) is 61.7 Å². The molecule has 6 nitrogen and oxygen atoms in total. The second-order valence-corrected chi connectivity index (χ2v) is 7.43. The van der Waals surface area contributed by atoms with Gasteiger partial charge in [0, 0.05) is 23.1 Å². The zero-order valence-corrected chi connectivity index (χ0v) is 15.4. The van der Waals surface area contributed by atoms with E-state index in [-0.39, 0.29) is 5.91 Å². The average Bonchev–Trinajstić information content (AvgIpc) is 3.34. The van der Waals surface area contributed by atoms with Gasteiger partial charge in [0.15, 0.2) is 0 Å². The molecule has 6 heteroatoms. The van der Waals surface area contributed by atoms with Gasteiger partial charge in [0.05, 0.1) is 35.1 Å². The number of amides is 1. The summed E-state index contributed by atoms with van der Waals surface area (Å²) in [5, 5.41) is 2.85. The quantitative estimate of drug-likeness (QED) is 0.701. The molecule has 5 rings (SSSR count). The molecule has 0 spiro atoms. The Morgan fingerprint density at radius 3 is 2.25 bits per heavy atom. The van der Waals surface area contributed by atoms with Crippen LogP contribution in [0.4, 0.5) is 5.69 Å². The van der Waals surface area contributed by atoms with Crippen LogP contribution in [0.1, 0.15) is 63.2 Å². The van der Waals surface area contributed by atoms with Crippen LogP contribution in [0.25, 0.3) is 11.0 Å². The molecule has 2 aliphatic carbocycles. The third-order valence-corrected chi connectivity index (χ3v) is 5.75. The van der Waals surface area contributed by atoms with E-state index >= 15 is 0 Å². The summed E-state index contributed by atoms with van der Waals surface area (Å²) in [7, 11) is 1.33. The Morgan fingerprint density at radius 1 is 0.929 bits per heavy atom. The SMILES string of the molecule is COC(=O)c1ccc(NC(=O)c2ccc3nc4c(nc3c2)C2CCC4C2)cc1. The van der Waals surface area contributed by atoms with Crippen molar-refractivity contribution in [3.63, 3.8) is 0 Å². The predicted molar refractivity (Wildman–Crippen MR) is 105 cm³/mol. The van der Waals surface area contributed by atoms with Crippen molar-refractivity contribution < 1.29 is 14.3 Å². The van der Waals surface area contributed by atoms with Gasteiger partial charge in [-0.3, -0.25) is 4.79 Å². The molecule has 140 valence electrons. The molecule has 0 radical (unpaired) electrons. The molecule has 1 saturated carbocycles. The van der Waals surface area contributed by atoms with Crippen LogP contribution in [0.5, 0.6) is 0 Å². The van der Waals surface area contributed by atoms with Crippen LogP contribution >= 0.6 is 0 Å². The molecule has 2 bridgehead atoms. The van der Waals surface area contributed by atoms with Crippen molar-refractivity contribution in [1.29, 1.82) is 0 Å². The van der Waals surface area contributed by atoms with Gasteiger partial charge >= 0.3 is 5.97 Å². The van der Waals surface area contributed by atoms with E-state index < -0.39 is 5.97 Å². The van der Waals surface area contributed by atoms with E-state index in [1.807, 2.05) is 6.07 Å². The Morgan fingerprint density at radius 2 is 1.57 bits per heavy atom. The maximum absolute atomic E-state index is 12.6. The van der Waals surface area contributed by atoms with E-state index in [1.54, 1.807) is 36.4 Å². The highest BCUT2D eigenvalue weighted by atomic mass is 16.5. The van der Waals surface area contributed by atoms with Crippen molar-refractivity contribution in [3.8, 4) is 0 Å². The molecule has 2 atom stereocenters. The zero-order chi connectivity index (χ0) is 19.3. The summed E-state index contributed by atoms with van der Waals surface area (Å²) in [4.78, 5) is 33.8. The van der Waals surface area contributed by atoms with Gasteiger partial charge in [-0.1, -0.05) is 0 Å². The highest BCUT2D eigenvalue weighted by Crippen LogP contribution is 2.51. The van der Waals surface area contributed by atoms with Crippen molar-refractivity contribution in [1.82, 2.24) is 9.97 Å². The number of nitrogens with zero attached hydrogens (tertiary/aromatic N) is 2. The van der Waals surface area contributed by atoms with Gasteiger partial charge in [0.1, 0.15) is 0 Å². The number of rotatable bonds is 3. The van der Waals surface area contributed by atoms with Crippen LogP contribution in [-0.4, -0.2) is 29.0 Å². The smallest absolute Gasteiger partial charge is 0.337 e. The van der Waals surface area contributed by atoms with Crippen molar-refractivity contribution in [2.24, 2.45) is 0 Å². The highest BCUT2D eigenvalue weighted by Gasteiger charge is 2.39. The van der Waals surface area contributed by atoms with Crippen LogP contribution in [0.15, 0.2) is 42.5 Å². The van der Waals surface area contributed by atoms with Gasteiger partial charge < -0.3 is 10.1 Å². The largest absolute Gasteiger partial charge is 0.465 e. The fourth-order valence-corrected chi connectivity index (χ4v) is 4.31. The molecule has 2 unspecified atom stereocenters. The number of esters is 1. The molecule has 1 N–H and O–H groups in total. The molecule has 28 heavy (non-hydrogen) atoms. The number of aromatic nitrogens is 2. The second-order valence-electron chi connectivity index (χ2n) is 7.43. The number of anilines is 1. The van der Waals surface area contributed by atoms with Gasteiger partial charge in [-0.15, -0.1) is 0 Å². The lowest BCUT2D eigenvalue weighted by atomic mass is 10.00. The van der Waals surface area contributed by atoms with Gasteiger partial charge in [-0.2, -0.15) is 0 Å². The Labute approximate surface area is 162 Å². The number of carbonyl (C=O) groups is 2. The average molecular weight is 373 g/mol. The summed E-state index contributed by atoms with van der Waals surface area (Å²) in [6.07, 6.45) is 3.58. The molecule has 0 aliphatic heterocycles. The first kappa shape index (κ1) is 16.9. The van der Waals surface area contributed by atoms with Crippen molar-refractivity contribution in [2.45, 2.75) is 31.1 Å². The van der Waals surface area contributed by atoms with Crippen LogP contribution in [0.3, 0.4) is 0 Å². The normalized spacial score (nSPS) is 19.5. The standard InChI is InChI=1S/C22H19N3O3/c1-28-22(27)12-4-7-16(8-5-12)23-21(26)15-6-9-17-18(11-15)25-20-14-3-2-13(10-14)19(20)24-17/h4-9,11,13-14H,2-3,10H2,1H3,(H,23,26). The summed E-state index contributed by atoms with van der Waals surface area (Å²) in [5.74, 6) is 0.458. The molecular weight excluding hydrogens is 354 g/mol. The first-order chi connectivity index (χ1) is 13.6. The minimum absolute atomic E-state index is 0.225. The number of fused-ring (bicyclic) bond motifs is 6. The first-order valence-electron chi connectivity index (χ1n) is 9.43. The summed E-state index contributed by atoms with van der Waals surface area (Å²) in [6.45, 7) is 0. The summed E-state index contributed by atoms with van der Waals surface area (Å²) in [6, 6.07) is 12.0. The molecule has 1 heterocycles. The fraction of sp³-hybridized carbons (Fsp3) is 0.273. The monoisotopic (exact) mass is 373 g/mol. The van der Waals surface area contributed by atoms with E-state index in [0.29, 0.717) is 28.7 Å². The highest BCUT2D eigenvalue weighted by molar-refractivity contribution is 6.06. The van der Waals surface area contributed by atoms with E-state index in [4.69, 9.17) is 9.97 Å². The third-order valence-electron chi connectivity index (χ3n) is 5.75. The Hall–Kier alpha value is -3.28. The lowest BCUT2D eigenvalue weighted by molar-refractivity contribution is 0.0600. The molecule has 3 aromatic rings. The number of hydrogen-bond acceptors (Lipinski definition) is 5. The molecule has 1 amide bonds. The minimum Gasteiger partial charge on any atom is -0.465 e. The third kappa shape index (κ3) is 2.72. The number of carbonyl (C=O) groups excluding carboxylic acids is 2. The van der Waals surface area contributed by atoms with Crippen LogP contribution < -0.4 is 5.32 Å². The number of hydrogen-bond donors (Lipinski definition) is 1. The maximum Gasteiger partial charge on any atom is 0.337 e. The van der Waals surface area contributed by atoms with Crippen LogP contribution in [0, 0.1) is 0 Å². The van der Waals surface area contributed by atoms with E-state index in [0.717, 1.165) is 22.4 Å². The van der Waals surface area contributed by atoms with E-state index in [2.05, 4.69) is 10.1 Å². The van der Waals surface area contributed by atoms with Crippen molar-refractivity contribution >= 4 is 28.6 Å². The Bertz CT molecular complexity index is 1110. The van der Waals surface area contributed by atoms with Crippen LogP contribution in [0.2, 0.25) is 0 Å². The molecular formula is C22H19N3O3. The van der Waals surface area contributed by atoms with E-state index in [1.165, 1.54) is 26.4 Å². The predicted octanol–water partition coefficient (Wildman–Crippen LogP) is 4.03. The second kappa shape index (κ2) is 6.41. The van der Waals surface area contributed by atoms with Crippen molar-refractivity contribution in [2.75, 3.05) is 12.4 Å². The molecule has 2 aromatic carbocycles. The topological polar surface area (TPSA) is 81.2 Å². The van der Waals surface area contributed by atoms with Crippen molar-refractivity contribution in [3.05, 3.63) is 65.0 Å². The number of ether oxygens (including phenoxy) is 1. The molecule has 1 aromatic heterocycles. The minimum atomic E-state index is -0.410. The first-order valence-corrected chi connectivity index (χ1v) is 9.43. The van der Waals surface area contributed by atoms with Gasteiger partial charge in [-0.25, -0.2) is 14.8 Å². The molecule has 2 aliphatic rings. The van der Waals surface area contributed by atoms with Gasteiger partial charge in [0.2, 0.25) is 0 Å². The summed E-state index contributed by atoms with van der Waals surface area (Å²) >= 11 is 0. The van der Waals surface area contributed by atoms with Crippen LogP contribution in [-0.2, 0) is 4.74 Å². The Balaban J connectivity index is 1.40. The Kier molecular flexibility index (Phi) is 3.86. The lowest BCUT2D eigenvalue weighted by Crippen LogP contribution is -2.12. The van der Waals surface area contributed by atoms with Gasteiger partial charge in [0.25, 0.3) is 5.91 Å². The maximum atomic E-state index is 12.6. The fourth-order valence-electron chi connectivity index (χ4n) is 4.31. The molecule has 0 saturated heterocycles. The summed E-state index contributed by atoms with van der Waals surface area (Å²) in [5.41, 5.74) is 5.46. The summed E-state index contributed by atoms with van der Waals surface area (Å²) < 4.78 is 4.68. The molecule has 1 fully saturated rings. The zero-order valence-electron chi connectivity index (χ0n) is 15.4. The lowest BCUT2D eigenvalue weighted by Gasteiger charge is -2.14. The number of methoxy groups -OCH3 is 1.